The molecule has 112 valence electrons. The molecule has 0 aliphatic heterocycles. The van der Waals surface area contributed by atoms with E-state index >= 15 is 0 Å². The fraction of sp³-hybridized carbons (Fsp3) is 0.400. The van der Waals surface area contributed by atoms with Crippen LogP contribution in [0.15, 0.2) is 39.9 Å². The summed E-state index contributed by atoms with van der Waals surface area (Å²) in [5.74, 6) is 0. The van der Waals surface area contributed by atoms with Gasteiger partial charge in [-0.25, -0.2) is 4.68 Å². The highest BCUT2D eigenvalue weighted by Crippen LogP contribution is 2.22. The second-order valence-corrected chi connectivity index (χ2v) is 5.67. The highest BCUT2D eigenvalue weighted by atomic mass is 79.9. The molecule has 2 heterocycles. The molecular weight excluding hydrogens is 332 g/mol. The smallest absolute Gasteiger partial charge is 0.283 e. The summed E-state index contributed by atoms with van der Waals surface area (Å²) in [5, 5.41) is 7.48. The molecule has 0 bridgehead atoms. The molecule has 21 heavy (non-hydrogen) atoms. The van der Waals surface area contributed by atoms with Crippen molar-refractivity contribution in [2.45, 2.75) is 39.3 Å². The van der Waals surface area contributed by atoms with Gasteiger partial charge in [0.2, 0.25) is 0 Å². The Kier molecular flexibility index (Phi) is 5.50. The molecule has 1 unspecified atom stereocenters. The van der Waals surface area contributed by atoms with E-state index in [9.17, 15) is 4.79 Å². The topological polar surface area (TPSA) is 59.8 Å². The molecule has 5 nitrogen and oxygen atoms in total. The van der Waals surface area contributed by atoms with Gasteiger partial charge in [-0.2, -0.15) is 5.10 Å². The minimum Gasteiger partial charge on any atom is -0.375 e. The summed E-state index contributed by atoms with van der Waals surface area (Å²) in [4.78, 5) is 16.5. The molecule has 1 atom stereocenters. The molecular formula is C15H19BrN4O. The Labute approximate surface area is 132 Å². The highest BCUT2D eigenvalue weighted by Gasteiger charge is 2.12. The van der Waals surface area contributed by atoms with Crippen molar-refractivity contribution in [1.29, 1.82) is 0 Å². The Morgan fingerprint density at radius 1 is 1.43 bits per heavy atom. The van der Waals surface area contributed by atoms with Gasteiger partial charge in [-0.3, -0.25) is 9.78 Å². The van der Waals surface area contributed by atoms with Crippen LogP contribution < -0.4 is 10.9 Å². The first-order chi connectivity index (χ1) is 10.1. The first-order valence-electron chi connectivity index (χ1n) is 7.06. The summed E-state index contributed by atoms with van der Waals surface area (Å²) in [6.45, 7) is 4.73. The zero-order valence-electron chi connectivity index (χ0n) is 12.2. The van der Waals surface area contributed by atoms with Gasteiger partial charge in [-0.05, 0) is 41.4 Å². The minimum atomic E-state index is -0.110. The van der Waals surface area contributed by atoms with Crippen LogP contribution in [0.1, 0.15) is 38.4 Å². The Balaban J connectivity index is 2.18. The van der Waals surface area contributed by atoms with Crippen molar-refractivity contribution in [3.63, 3.8) is 0 Å². The number of rotatable bonds is 6. The lowest BCUT2D eigenvalue weighted by Crippen LogP contribution is -2.25. The SMILES string of the molecule is CCCCn1ncc(NC(C)c2ccccn2)c(Br)c1=O. The van der Waals surface area contributed by atoms with E-state index in [2.05, 4.69) is 38.3 Å². The third kappa shape index (κ3) is 3.91. The molecule has 0 spiro atoms. The van der Waals surface area contributed by atoms with Crippen LogP contribution >= 0.6 is 15.9 Å². The van der Waals surface area contributed by atoms with Gasteiger partial charge < -0.3 is 5.32 Å². The summed E-state index contributed by atoms with van der Waals surface area (Å²) in [5.41, 5.74) is 1.49. The molecule has 0 saturated heterocycles. The standard InChI is InChI=1S/C15H19BrN4O/c1-3-4-9-20-15(21)14(16)13(10-18-20)19-11(2)12-7-5-6-8-17-12/h5-8,10-11,19H,3-4,9H2,1-2H3. The van der Waals surface area contributed by atoms with E-state index in [1.807, 2.05) is 25.1 Å². The number of nitrogens with one attached hydrogen (secondary N) is 1. The minimum absolute atomic E-state index is 0.00445. The Hall–Kier alpha value is -1.69. The van der Waals surface area contributed by atoms with Crippen molar-refractivity contribution in [1.82, 2.24) is 14.8 Å². The van der Waals surface area contributed by atoms with Gasteiger partial charge >= 0.3 is 0 Å². The maximum Gasteiger partial charge on any atom is 0.283 e. The number of unbranched alkanes of at least 4 members (excludes halogenated alkanes) is 1. The van der Waals surface area contributed by atoms with Gasteiger partial charge in [-0.1, -0.05) is 19.4 Å². The zero-order valence-corrected chi connectivity index (χ0v) is 13.8. The lowest BCUT2D eigenvalue weighted by molar-refractivity contribution is 0.541. The van der Waals surface area contributed by atoms with Crippen LogP contribution in [0, 0.1) is 0 Å². The van der Waals surface area contributed by atoms with Gasteiger partial charge in [0.25, 0.3) is 5.56 Å². The monoisotopic (exact) mass is 350 g/mol. The molecule has 0 aliphatic rings. The molecule has 2 aromatic heterocycles. The number of anilines is 1. The summed E-state index contributed by atoms with van der Waals surface area (Å²) in [7, 11) is 0. The fourth-order valence-corrected chi connectivity index (χ4v) is 2.39. The van der Waals surface area contributed by atoms with E-state index in [4.69, 9.17) is 0 Å². The lowest BCUT2D eigenvalue weighted by atomic mass is 10.2. The zero-order chi connectivity index (χ0) is 15.2. The predicted octanol–water partition coefficient (Wildman–Crippen LogP) is 3.37. The van der Waals surface area contributed by atoms with Crippen molar-refractivity contribution in [3.8, 4) is 0 Å². The lowest BCUT2D eigenvalue weighted by Gasteiger charge is -2.16. The molecule has 0 saturated carbocycles. The van der Waals surface area contributed by atoms with Gasteiger partial charge in [0.15, 0.2) is 0 Å². The third-order valence-electron chi connectivity index (χ3n) is 3.21. The van der Waals surface area contributed by atoms with Crippen molar-refractivity contribution in [2.75, 3.05) is 5.32 Å². The van der Waals surface area contributed by atoms with Crippen LogP contribution in [0.25, 0.3) is 0 Å². The average Bonchev–Trinajstić information content (AvgIpc) is 2.52. The maximum atomic E-state index is 12.2. The Morgan fingerprint density at radius 3 is 2.90 bits per heavy atom. The summed E-state index contributed by atoms with van der Waals surface area (Å²) < 4.78 is 2.00. The molecule has 1 N–H and O–H groups in total. The van der Waals surface area contributed by atoms with Crippen molar-refractivity contribution in [3.05, 3.63) is 51.1 Å². The first-order valence-corrected chi connectivity index (χ1v) is 7.86. The second-order valence-electron chi connectivity index (χ2n) is 4.87. The van der Waals surface area contributed by atoms with Crippen LogP contribution in [0.4, 0.5) is 5.69 Å². The van der Waals surface area contributed by atoms with Crippen LogP contribution in [-0.2, 0) is 6.54 Å². The fourth-order valence-electron chi connectivity index (χ4n) is 1.97. The van der Waals surface area contributed by atoms with Crippen LogP contribution in [0.3, 0.4) is 0 Å². The molecule has 0 radical (unpaired) electrons. The third-order valence-corrected chi connectivity index (χ3v) is 3.98. The van der Waals surface area contributed by atoms with Crippen LogP contribution in [-0.4, -0.2) is 14.8 Å². The molecule has 0 aromatic carbocycles. The summed E-state index contributed by atoms with van der Waals surface area (Å²) in [6.07, 6.45) is 5.41. The van der Waals surface area contributed by atoms with Crippen molar-refractivity contribution < 1.29 is 0 Å². The number of hydrogen-bond donors (Lipinski definition) is 1. The predicted molar refractivity (Wildman–Crippen MR) is 87.4 cm³/mol. The Bertz CT molecular complexity index is 642. The number of hydrogen-bond acceptors (Lipinski definition) is 4. The largest absolute Gasteiger partial charge is 0.375 e. The number of pyridine rings is 1. The van der Waals surface area contributed by atoms with Crippen molar-refractivity contribution in [2.24, 2.45) is 0 Å². The normalized spacial score (nSPS) is 12.1. The Morgan fingerprint density at radius 2 is 2.24 bits per heavy atom. The number of aromatic nitrogens is 3. The highest BCUT2D eigenvalue weighted by molar-refractivity contribution is 9.10. The molecule has 6 heteroatoms. The van der Waals surface area contributed by atoms with E-state index in [0.717, 1.165) is 18.5 Å². The van der Waals surface area contributed by atoms with Gasteiger partial charge in [0.1, 0.15) is 4.47 Å². The average molecular weight is 351 g/mol. The van der Waals surface area contributed by atoms with Crippen LogP contribution in [0.5, 0.6) is 0 Å². The van der Waals surface area contributed by atoms with E-state index in [1.165, 1.54) is 4.68 Å². The van der Waals surface area contributed by atoms with Crippen molar-refractivity contribution >= 4 is 21.6 Å². The molecule has 2 rings (SSSR count). The van der Waals surface area contributed by atoms with Gasteiger partial charge in [0, 0.05) is 12.7 Å². The maximum absolute atomic E-state index is 12.2. The van der Waals surface area contributed by atoms with E-state index in [1.54, 1.807) is 12.4 Å². The summed E-state index contributed by atoms with van der Waals surface area (Å²) in [6, 6.07) is 5.76. The quantitative estimate of drug-likeness (QED) is 0.867. The molecule has 0 aliphatic carbocycles. The molecule has 0 amide bonds. The van der Waals surface area contributed by atoms with E-state index in [-0.39, 0.29) is 11.6 Å². The van der Waals surface area contributed by atoms with Gasteiger partial charge in [0.05, 0.1) is 23.6 Å². The number of halogens is 1. The first kappa shape index (κ1) is 15.7. The van der Waals surface area contributed by atoms with E-state index in [0.29, 0.717) is 16.7 Å². The van der Waals surface area contributed by atoms with Crippen LogP contribution in [0.2, 0.25) is 0 Å². The number of aryl methyl sites for hydroxylation is 1. The summed E-state index contributed by atoms with van der Waals surface area (Å²) >= 11 is 3.37. The van der Waals surface area contributed by atoms with E-state index < -0.39 is 0 Å². The number of nitrogens with zero attached hydrogens (tertiary/aromatic N) is 3. The molecule has 0 fully saturated rings. The second kappa shape index (κ2) is 7.36. The van der Waals surface area contributed by atoms with Gasteiger partial charge in [-0.15, -0.1) is 0 Å². The molecule has 2 aromatic rings.